The summed E-state index contributed by atoms with van der Waals surface area (Å²) in [6, 6.07) is 6.78. The van der Waals surface area contributed by atoms with Gasteiger partial charge < -0.3 is 5.11 Å². The fourth-order valence-electron chi connectivity index (χ4n) is 1.28. The second-order valence-electron chi connectivity index (χ2n) is 2.81. The smallest absolute Gasteiger partial charge is 0.359 e. The van der Waals surface area contributed by atoms with Crippen LogP contribution in [-0.4, -0.2) is 20.6 Å². The number of nitrogens with zero attached hydrogens (tertiary/aromatic N) is 2. The molecule has 1 N–H and O–H groups in total. The predicted molar refractivity (Wildman–Crippen MR) is 47.5 cm³/mol. The molecule has 0 spiro atoms. The number of para-hydroxylation sites is 2. The molecule has 1 heterocycles. The summed E-state index contributed by atoms with van der Waals surface area (Å²) in [5.41, 5.74) is 1.05. The Kier molecular flexibility index (Phi) is 1.92. The van der Waals surface area contributed by atoms with Crippen molar-refractivity contribution in [2.24, 2.45) is 0 Å². The van der Waals surface area contributed by atoms with Crippen LogP contribution in [0, 0.1) is 0 Å². The van der Waals surface area contributed by atoms with E-state index in [2.05, 4.69) is 4.98 Å². The van der Waals surface area contributed by atoms with E-state index < -0.39 is 12.3 Å². The number of hydrogen-bond donors (Lipinski definition) is 1. The molecule has 0 aliphatic heterocycles. The highest BCUT2D eigenvalue weighted by Gasteiger charge is 2.19. The van der Waals surface area contributed by atoms with Crippen LogP contribution in [0.2, 0.25) is 0 Å². The summed E-state index contributed by atoms with van der Waals surface area (Å²) in [4.78, 5) is 14.3. The zero-order chi connectivity index (χ0) is 10.1. The molecule has 1 aromatic carbocycles. The van der Waals surface area contributed by atoms with E-state index in [-0.39, 0.29) is 0 Å². The third-order valence-corrected chi connectivity index (χ3v) is 1.93. The van der Waals surface area contributed by atoms with Gasteiger partial charge in [0.05, 0.1) is 17.4 Å². The summed E-state index contributed by atoms with van der Waals surface area (Å²) >= 11 is 0. The lowest BCUT2D eigenvalue weighted by atomic mass is 10.3. The average Bonchev–Trinajstić information content (AvgIpc) is 2.60. The molecule has 0 fully saturated rings. The predicted octanol–water partition coefficient (Wildman–Crippen LogP) is 1.59. The fraction of sp³-hybridized carbons (Fsp3) is 0.111. The zero-order valence-electron chi connectivity index (χ0n) is 7.09. The Hall–Kier alpha value is -1.91. The number of carboxylic acids is 1. The molecular formula is C9H7FN2O2. The second kappa shape index (κ2) is 3.10. The van der Waals surface area contributed by atoms with Gasteiger partial charge in [-0.2, -0.15) is 0 Å². The van der Waals surface area contributed by atoms with Crippen molar-refractivity contribution in [2.75, 3.05) is 0 Å². The fourth-order valence-corrected chi connectivity index (χ4v) is 1.28. The van der Waals surface area contributed by atoms with Crippen molar-refractivity contribution >= 4 is 17.0 Å². The first kappa shape index (κ1) is 8.68. The summed E-state index contributed by atoms with van der Waals surface area (Å²) < 4.78 is 14.1. The van der Waals surface area contributed by atoms with Gasteiger partial charge in [-0.15, -0.1) is 0 Å². The van der Waals surface area contributed by atoms with Gasteiger partial charge in [0.2, 0.25) is 0 Å². The standard InChI is InChI=1S/C9H7FN2O2/c10-8(9(13)14)12-5-11-6-3-1-2-4-7(6)12/h1-5,8H,(H,13,14). The lowest BCUT2D eigenvalue weighted by Gasteiger charge is -2.04. The number of aliphatic carboxylic acids is 1. The Labute approximate surface area is 78.6 Å². The summed E-state index contributed by atoms with van der Waals surface area (Å²) in [6.07, 6.45) is -0.897. The van der Waals surface area contributed by atoms with Gasteiger partial charge in [0.15, 0.2) is 0 Å². The number of halogens is 1. The van der Waals surface area contributed by atoms with E-state index in [0.29, 0.717) is 11.0 Å². The maximum absolute atomic E-state index is 13.1. The normalized spacial score (nSPS) is 12.9. The molecule has 72 valence electrons. The highest BCUT2D eigenvalue weighted by Crippen LogP contribution is 2.18. The Morgan fingerprint density at radius 1 is 1.50 bits per heavy atom. The average molecular weight is 194 g/mol. The Bertz CT molecular complexity index is 480. The van der Waals surface area contributed by atoms with Crippen LogP contribution in [0.1, 0.15) is 6.30 Å². The Balaban J connectivity index is 2.58. The van der Waals surface area contributed by atoms with Gasteiger partial charge in [0.1, 0.15) is 0 Å². The number of hydrogen-bond acceptors (Lipinski definition) is 2. The van der Waals surface area contributed by atoms with Crippen LogP contribution in [0.15, 0.2) is 30.6 Å². The highest BCUT2D eigenvalue weighted by molar-refractivity contribution is 5.78. The van der Waals surface area contributed by atoms with Crippen molar-refractivity contribution in [1.29, 1.82) is 0 Å². The molecule has 0 amide bonds. The Morgan fingerprint density at radius 2 is 2.21 bits per heavy atom. The van der Waals surface area contributed by atoms with Crippen LogP contribution in [-0.2, 0) is 4.79 Å². The molecule has 0 saturated heterocycles. The van der Waals surface area contributed by atoms with Gasteiger partial charge in [-0.05, 0) is 12.1 Å². The van der Waals surface area contributed by atoms with Crippen LogP contribution in [0.4, 0.5) is 4.39 Å². The lowest BCUT2D eigenvalue weighted by molar-refractivity contribution is -0.146. The van der Waals surface area contributed by atoms with E-state index in [9.17, 15) is 9.18 Å². The van der Waals surface area contributed by atoms with Crippen LogP contribution in [0.3, 0.4) is 0 Å². The summed E-state index contributed by atoms with van der Waals surface area (Å²) in [5, 5.41) is 8.49. The van der Waals surface area contributed by atoms with Crippen LogP contribution in [0.5, 0.6) is 0 Å². The van der Waals surface area contributed by atoms with E-state index in [1.165, 1.54) is 6.33 Å². The number of fused-ring (bicyclic) bond motifs is 1. The first-order chi connectivity index (χ1) is 6.70. The molecule has 5 heteroatoms. The lowest BCUT2D eigenvalue weighted by Crippen LogP contribution is -2.12. The highest BCUT2D eigenvalue weighted by atomic mass is 19.1. The van der Waals surface area contributed by atoms with Crippen molar-refractivity contribution < 1.29 is 14.3 Å². The van der Waals surface area contributed by atoms with Crippen molar-refractivity contribution in [1.82, 2.24) is 9.55 Å². The molecule has 4 nitrogen and oxygen atoms in total. The van der Waals surface area contributed by atoms with E-state index in [1.54, 1.807) is 24.3 Å². The molecule has 1 aromatic heterocycles. The molecule has 2 aromatic rings. The van der Waals surface area contributed by atoms with Gasteiger partial charge in [-0.3, -0.25) is 4.57 Å². The summed E-state index contributed by atoms with van der Waals surface area (Å²) in [6.45, 7) is 0. The summed E-state index contributed by atoms with van der Waals surface area (Å²) in [7, 11) is 0. The molecule has 1 unspecified atom stereocenters. The minimum Gasteiger partial charge on any atom is -0.478 e. The van der Waals surface area contributed by atoms with Gasteiger partial charge >= 0.3 is 5.97 Å². The number of carboxylic acid groups (broad SMARTS) is 1. The second-order valence-corrected chi connectivity index (χ2v) is 2.81. The van der Waals surface area contributed by atoms with E-state index in [1.807, 2.05) is 0 Å². The van der Waals surface area contributed by atoms with Crippen molar-refractivity contribution in [3.05, 3.63) is 30.6 Å². The van der Waals surface area contributed by atoms with Crippen LogP contribution < -0.4 is 0 Å². The number of rotatable bonds is 2. The molecule has 14 heavy (non-hydrogen) atoms. The molecule has 0 aliphatic rings. The third kappa shape index (κ3) is 1.22. The van der Waals surface area contributed by atoms with Crippen molar-refractivity contribution in [3.63, 3.8) is 0 Å². The molecule has 0 radical (unpaired) electrons. The van der Waals surface area contributed by atoms with E-state index >= 15 is 0 Å². The molecular weight excluding hydrogens is 187 g/mol. The SMILES string of the molecule is O=C(O)C(F)n1cnc2ccccc21. The number of carbonyl (C=O) groups is 1. The maximum atomic E-state index is 13.1. The zero-order valence-corrected chi connectivity index (χ0v) is 7.09. The molecule has 0 bridgehead atoms. The first-order valence-corrected chi connectivity index (χ1v) is 3.98. The van der Waals surface area contributed by atoms with Gasteiger partial charge in [0, 0.05) is 0 Å². The minimum atomic E-state index is -2.08. The number of alkyl halides is 1. The minimum absolute atomic E-state index is 0.474. The topological polar surface area (TPSA) is 55.1 Å². The monoisotopic (exact) mass is 194 g/mol. The molecule has 1 atom stereocenters. The molecule has 0 saturated carbocycles. The number of benzene rings is 1. The van der Waals surface area contributed by atoms with Crippen molar-refractivity contribution in [3.8, 4) is 0 Å². The maximum Gasteiger partial charge on any atom is 0.359 e. The first-order valence-electron chi connectivity index (χ1n) is 3.98. The number of aromatic nitrogens is 2. The summed E-state index contributed by atoms with van der Waals surface area (Å²) in [5.74, 6) is -1.52. The van der Waals surface area contributed by atoms with Gasteiger partial charge in [-0.25, -0.2) is 14.2 Å². The van der Waals surface area contributed by atoms with Crippen LogP contribution >= 0.6 is 0 Å². The Morgan fingerprint density at radius 3 is 2.93 bits per heavy atom. The van der Waals surface area contributed by atoms with E-state index in [4.69, 9.17) is 5.11 Å². The van der Waals surface area contributed by atoms with Gasteiger partial charge in [-0.1, -0.05) is 12.1 Å². The van der Waals surface area contributed by atoms with Crippen molar-refractivity contribution in [2.45, 2.75) is 6.30 Å². The number of imidazole rings is 1. The molecule has 2 rings (SSSR count). The van der Waals surface area contributed by atoms with Gasteiger partial charge in [0.25, 0.3) is 6.30 Å². The third-order valence-electron chi connectivity index (χ3n) is 1.93. The largest absolute Gasteiger partial charge is 0.478 e. The van der Waals surface area contributed by atoms with E-state index in [0.717, 1.165) is 4.57 Å². The molecule has 0 aliphatic carbocycles. The quantitative estimate of drug-likeness (QED) is 0.789. The van der Waals surface area contributed by atoms with Crippen LogP contribution in [0.25, 0.3) is 11.0 Å².